The Kier molecular flexibility index (Phi) is 7.15. The first-order valence-electron chi connectivity index (χ1n) is 8.42. The topological polar surface area (TPSA) is 98.5 Å². The minimum Gasteiger partial charge on any atom is -0.466 e. The van der Waals surface area contributed by atoms with Crippen molar-refractivity contribution in [3.63, 3.8) is 0 Å². The van der Waals surface area contributed by atoms with Crippen molar-refractivity contribution < 1.29 is 19.1 Å². The van der Waals surface area contributed by atoms with Gasteiger partial charge in [0.2, 0.25) is 5.91 Å². The van der Waals surface area contributed by atoms with Gasteiger partial charge in [0.1, 0.15) is 6.04 Å². The number of nitrogens with one attached hydrogen (secondary N) is 1. The van der Waals surface area contributed by atoms with E-state index in [1.807, 2.05) is 12.1 Å². The highest BCUT2D eigenvalue weighted by atomic mass is 16.5. The maximum Gasteiger partial charge on any atom is 0.306 e. The average Bonchev–Trinajstić information content (AvgIpc) is 2.51. The Bertz CT molecular complexity index is 617. The van der Waals surface area contributed by atoms with E-state index >= 15 is 0 Å². The van der Waals surface area contributed by atoms with Gasteiger partial charge >= 0.3 is 5.97 Å². The quantitative estimate of drug-likeness (QED) is 0.738. The molecule has 0 aromatic heterocycles. The molecule has 25 heavy (non-hydrogen) atoms. The van der Waals surface area contributed by atoms with Crippen LogP contribution < -0.4 is 11.1 Å². The van der Waals surface area contributed by atoms with Crippen molar-refractivity contribution in [2.24, 2.45) is 11.7 Å². The minimum atomic E-state index is -0.945. The molecule has 0 aliphatic carbocycles. The zero-order valence-electron chi connectivity index (χ0n) is 15.6. The number of hydrogen-bond donors (Lipinski definition) is 2. The van der Waals surface area contributed by atoms with E-state index in [9.17, 15) is 14.4 Å². The normalized spacial score (nSPS) is 13.6. The zero-order valence-corrected chi connectivity index (χ0v) is 15.6. The van der Waals surface area contributed by atoms with Gasteiger partial charge in [0, 0.05) is 5.56 Å². The van der Waals surface area contributed by atoms with E-state index in [0.29, 0.717) is 5.56 Å². The molecule has 0 saturated heterocycles. The number of nitrogens with two attached hydrogens (primary N) is 1. The highest BCUT2D eigenvalue weighted by Gasteiger charge is 2.27. The van der Waals surface area contributed by atoms with Crippen LogP contribution in [0.2, 0.25) is 0 Å². The van der Waals surface area contributed by atoms with Gasteiger partial charge in [-0.3, -0.25) is 14.4 Å². The number of primary amides is 1. The third-order valence-electron chi connectivity index (χ3n) is 3.97. The number of ether oxygens (including phenoxy) is 1. The molecule has 1 rings (SSSR count). The van der Waals surface area contributed by atoms with Crippen LogP contribution in [0.1, 0.15) is 57.0 Å². The number of rotatable bonds is 7. The van der Waals surface area contributed by atoms with Crippen LogP contribution in [0.25, 0.3) is 0 Å². The summed E-state index contributed by atoms with van der Waals surface area (Å²) in [7, 11) is 0. The maximum atomic E-state index is 12.4. The van der Waals surface area contributed by atoms with Crippen molar-refractivity contribution in [2.45, 2.75) is 52.5 Å². The van der Waals surface area contributed by atoms with Crippen LogP contribution in [0.3, 0.4) is 0 Å². The third-order valence-corrected chi connectivity index (χ3v) is 3.97. The number of hydrogen-bond acceptors (Lipinski definition) is 4. The number of carbonyl (C=O) groups is 3. The predicted octanol–water partition coefficient (Wildman–Crippen LogP) is 2.16. The number of amides is 2. The molecule has 0 radical (unpaired) electrons. The second-order valence-corrected chi connectivity index (χ2v) is 7.17. The van der Waals surface area contributed by atoms with Crippen molar-refractivity contribution in [2.75, 3.05) is 6.61 Å². The Balaban J connectivity index is 2.82. The highest BCUT2D eigenvalue weighted by Crippen LogP contribution is 2.22. The van der Waals surface area contributed by atoms with Crippen molar-refractivity contribution >= 4 is 17.8 Å². The van der Waals surface area contributed by atoms with E-state index in [4.69, 9.17) is 10.5 Å². The molecule has 0 spiro atoms. The van der Waals surface area contributed by atoms with E-state index in [-0.39, 0.29) is 18.4 Å². The molecule has 0 fully saturated rings. The Hall–Kier alpha value is -2.37. The van der Waals surface area contributed by atoms with Crippen LogP contribution in [-0.4, -0.2) is 30.4 Å². The molecule has 6 heteroatoms. The van der Waals surface area contributed by atoms with Gasteiger partial charge in [-0.05, 0) is 36.0 Å². The van der Waals surface area contributed by atoms with Crippen LogP contribution in [0.5, 0.6) is 0 Å². The standard InChI is InChI=1S/C19H28N2O4/c1-6-25-15(22)11-12(2)16(17(20)23)21-18(24)13-7-9-14(10-8-13)19(3,4)5/h7-10,12,16H,6,11H2,1-5H3,(H2,20,23)(H,21,24)/t12-,16-/m0/s1. The van der Waals surface area contributed by atoms with Gasteiger partial charge in [0.05, 0.1) is 13.0 Å². The van der Waals surface area contributed by atoms with Gasteiger partial charge in [-0.1, -0.05) is 39.8 Å². The molecule has 0 bridgehead atoms. The molecule has 0 unspecified atom stereocenters. The van der Waals surface area contributed by atoms with Crippen LogP contribution in [0.15, 0.2) is 24.3 Å². The lowest BCUT2D eigenvalue weighted by molar-refractivity contribution is -0.144. The first kappa shape index (κ1) is 20.7. The van der Waals surface area contributed by atoms with Crippen LogP contribution in [0, 0.1) is 5.92 Å². The lowest BCUT2D eigenvalue weighted by atomic mass is 9.86. The van der Waals surface area contributed by atoms with Crippen LogP contribution in [0.4, 0.5) is 0 Å². The summed E-state index contributed by atoms with van der Waals surface area (Å²) in [5, 5.41) is 2.62. The van der Waals surface area contributed by atoms with Gasteiger partial charge in [-0.2, -0.15) is 0 Å². The second-order valence-electron chi connectivity index (χ2n) is 7.17. The summed E-state index contributed by atoms with van der Waals surface area (Å²) < 4.78 is 4.87. The molecule has 0 aliphatic rings. The number of carbonyl (C=O) groups excluding carboxylic acids is 3. The molecule has 1 aromatic rings. The summed E-state index contributed by atoms with van der Waals surface area (Å²) in [6, 6.07) is 6.25. The fraction of sp³-hybridized carbons (Fsp3) is 0.526. The summed E-state index contributed by atoms with van der Waals surface area (Å²) >= 11 is 0. The molecule has 3 N–H and O–H groups in total. The summed E-state index contributed by atoms with van der Waals surface area (Å²) in [4.78, 5) is 35.7. The first-order chi connectivity index (χ1) is 11.6. The Morgan fingerprint density at radius 2 is 1.72 bits per heavy atom. The minimum absolute atomic E-state index is 0.00465. The Labute approximate surface area is 149 Å². The fourth-order valence-electron chi connectivity index (χ4n) is 2.44. The average molecular weight is 348 g/mol. The molecule has 0 saturated carbocycles. The molecular weight excluding hydrogens is 320 g/mol. The van der Waals surface area contributed by atoms with E-state index in [2.05, 4.69) is 26.1 Å². The van der Waals surface area contributed by atoms with Gasteiger partial charge in [-0.25, -0.2) is 0 Å². The monoisotopic (exact) mass is 348 g/mol. The Morgan fingerprint density at radius 1 is 1.16 bits per heavy atom. The van der Waals surface area contributed by atoms with E-state index in [1.54, 1.807) is 26.0 Å². The van der Waals surface area contributed by atoms with Crippen molar-refractivity contribution in [1.82, 2.24) is 5.32 Å². The Morgan fingerprint density at radius 3 is 2.16 bits per heavy atom. The second kappa shape index (κ2) is 8.65. The van der Waals surface area contributed by atoms with E-state index in [0.717, 1.165) is 5.56 Å². The molecular formula is C19H28N2O4. The van der Waals surface area contributed by atoms with E-state index < -0.39 is 29.7 Å². The molecule has 0 aliphatic heterocycles. The maximum absolute atomic E-state index is 12.4. The SMILES string of the molecule is CCOC(=O)C[C@H](C)[C@H](NC(=O)c1ccc(C(C)(C)C)cc1)C(N)=O. The van der Waals surface area contributed by atoms with Crippen molar-refractivity contribution in [1.29, 1.82) is 0 Å². The van der Waals surface area contributed by atoms with Crippen LogP contribution >= 0.6 is 0 Å². The number of benzene rings is 1. The van der Waals surface area contributed by atoms with Gasteiger partial charge in [0.25, 0.3) is 5.91 Å². The first-order valence-corrected chi connectivity index (χ1v) is 8.42. The highest BCUT2D eigenvalue weighted by molar-refractivity contribution is 5.97. The largest absolute Gasteiger partial charge is 0.466 e. The molecule has 6 nitrogen and oxygen atoms in total. The molecule has 0 heterocycles. The lowest BCUT2D eigenvalue weighted by Gasteiger charge is -2.22. The predicted molar refractivity (Wildman–Crippen MR) is 96.0 cm³/mol. The summed E-state index contributed by atoms with van der Waals surface area (Å²) in [6.07, 6.45) is 0.00465. The van der Waals surface area contributed by atoms with Gasteiger partial charge < -0.3 is 15.8 Å². The fourth-order valence-corrected chi connectivity index (χ4v) is 2.44. The molecule has 2 atom stereocenters. The smallest absolute Gasteiger partial charge is 0.306 e. The zero-order chi connectivity index (χ0) is 19.2. The third kappa shape index (κ3) is 6.21. The molecule has 138 valence electrons. The summed E-state index contributed by atoms with van der Waals surface area (Å²) in [5.41, 5.74) is 6.91. The van der Waals surface area contributed by atoms with Gasteiger partial charge in [-0.15, -0.1) is 0 Å². The molecule has 2 amide bonds. The van der Waals surface area contributed by atoms with Crippen molar-refractivity contribution in [3.8, 4) is 0 Å². The van der Waals surface area contributed by atoms with Crippen LogP contribution in [-0.2, 0) is 19.7 Å². The molecule has 1 aromatic carbocycles. The summed E-state index contributed by atoms with van der Waals surface area (Å²) in [5.74, 6) is -1.98. The number of esters is 1. The summed E-state index contributed by atoms with van der Waals surface area (Å²) in [6.45, 7) is 9.90. The lowest BCUT2D eigenvalue weighted by Crippen LogP contribution is -2.49. The van der Waals surface area contributed by atoms with Crippen molar-refractivity contribution in [3.05, 3.63) is 35.4 Å². The van der Waals surface area contributed by atoms with Gasteiger partial charge in [0.15, 0.2) is 0 Å². The van der Waals surface area contributed by atoms with E-state index in [1.165, 1.54) is 0 Å².